The van der Waals surface area contributed by atoms with Crippen molar-refractivity contribution in [2.45, 2.75) is 77.0 Å². The number of nitrogens with one attached hydrogen (secondary N) is 1. The summed E-state index contributed by atoms with van der Waals surface area (Å²) in [6.07, 6.45) is 15.7. The van der Waals surface area contributed by atoms with Crippen LogP contribution in [0.4, 0.5) is 0 Å². The minimum Gasteiger partial charge on any atom is -0.289 e. The molecule has 0 aromatic carbocycles. The standard InChI is InChI=1S/C20H30N2O2S/c23-18(22-24)9-17-13-25-19(21-17)6-1-2-7-20-10-14-4-3-5-15(11-20)16(8-14)12-20/h13-16,24H,1-12H2,(H,22,23). The van der Waals surface area contributed by atoms with E-state index in [0.29, 0.717) is 5.41 Å². The van der Waals surface area contributed by atoms with Crippen LogP contribution >= 0.6 is 11.3 Å². The Labute approximate surface area is 154 Å². The first-order valence-electron chi connectivity index (χ1n) is 10.0. The van der Waals surface area contributed by atoms with E-state index < -0.39 is 5.91 Å². The average Bonchev–Trinajstić information content (AvgIpc) is 3.09. The van der Waals surface area contributed by atoms with Gasteiger partial charge in [-0.1, -0.05) is 25.7 Å². The van der Waals surface area contributed by atoms with Gasteiger partial charge in [-0.3, -0.25) is 10.0 Å². The number of thiazole rings is 1. The summed E-state index contributed by atoms with van der Waals surface area (Å²) in [7, 11) is 0. The second kappa shape index (κ2) is 7.36. The van der Waals surface area contributed by atoms with E-state index in [0.717, 1.165) is 34.9 Å². The van der Waals surface area contributed by atoms with Crippen molar-refractivity contribution in [3.63, 3.8) is 0 Å². The van der Waals surface area contributed by atoms with E-state index in [2.05, 4.69) is 4.98 Å². The fourth-order valence-electron chi connectivity index (χ4n) is 6.15. The topological polar surface area (TPSA) is 62.2 Å². The van der Waals surface area contributed by atoms with Gasteiger partial charge >= 0.3 is 0 Å². The summed E-state index contributed by atoms with van der Waals surface area (Å²) in [5.41, 5.74) is 3.12. The summed E-state index contributed by atoms with van der Waals surface area (Å²) in [5, 5.41) is 11.7. The molecule has 4 unspecified atom stereocenters. The molecule has 4 nitrogen and oxygen atoms in total. The number of rotatable bonds is 7. The Hall–Kier alpha value is -0.940. The molecule has 0 radical (unpaired) electrons. The molecule has 0 saturated heterocycles. The molecule has 1 aromatic heterocycles. The van der Waals surface area contributed by atoms with E-state index in [4.69, 9.17) is 5.21 Å². The molecule has 4 rings (SSSR count). The quantitative estimate of drug-likeness (QED) is 0.426. The molecule has 2 N–H and O–H groups in total. The molecule has 0 spiro atoms. The smallest absolute Gasteiger partial charge is 0.249 e. The van der Waals surface area contributed by atoms with Crippen molar-refractivity contribution in [1.29, 1.82) is 0 Å². The second-order valence-corrected chi connectivity index (χ2v) is 9.76. The van der Waals surface area contributed by atoms with E-state index in [9.17, 15) is 4.79 Å². The summed E-state index contributed by atoms with van der Waals surface area (Å²) in [4.78, 5) is 15.7. The first-order valence-corrected chi connectivity index (χ1v) is 10.9. The molecule has 1 heterocycles. The van der Waals surface area contributed by atoms with Crippen LogP contribution in [0, 0.1) is 23.2 Å². The van der Waals surface area contributed by atoms with Crippen LogP contribution in [0.5, 0.6) is 0 Å². The third kappa shape index (κ3) is 3.92. The van der Waals surface area contributed by atoms with E-state index in [1.54, 1.807) is 16.8 Å². The fraction of sp³-hybridized carbons (Fsp3) is 0.800. The van der Waals surface area contributed by atoms with Crippen molar-refractivity contribution < 1.29 is 10.0 Å². The van der Waals surface area contributed by atoms with Crippen LogP contribution in [-0.2, 0) is 17.6 Å². The molecule has 4 atom stereocenters. The zero-order valence-electron chi connectivity index (χ0n) is 15.0. The van der Waals surface area contributed by atoms with Crippen LogP contribution in [0.15, 0.2) is 5.38 Å². The maximum Gasteiger partial charge on any atom is 0.249 e. The summed E-state index contributed by atoms with van der Waals surface area (Å²) in [5.74, 6) is 2.74. The lowest BCUT2D eigenvalue weighted by Crippen LogP contribution is -2.26. The molecule has 3 bridgehead atoms. The number of fused-ring (bicyclic) bond motifs is 2. The van der Waals surface area contributed by atoms with Crippen LogP contribution in [0.25, 0.3) is 0 Å². The van der Waals surface area contributed by atoms with Gasteiger partial charge in [0.1, 0.15) is 0 Å². The van der Waals surface area contributed by atoms with Crippen LogP contribution in [0.2, 0.25) is 0 Å². The molecule has 3 aliphatic rings. The van der Waals surface area contributed by atoms with Crippen molar-refractivity contribution >= 4 is 17.2 Å². The Morgan fingerprint density at radius 1 is 1.28 bits per heavy atom. The van der Waals surface area contributed by atoms with Crippen molar-refractivity contribution in [1.82, 2.24) is 10.5 Å². The van der Waals surface area contributed by atoms with Crippen molar-refractivity contribution in [2.75, 3.05) is 0 Å². The molecular formula is C20H30N2O2S. The first-order chi connectivity index (χ1) is 12.2. The Morgan fingerprint density at radius 2 is 2.16 bits per heavy atom. The molecule has 1 amide bonds. The minimum atomic E-state index is -0.394. The highest BCUT2D eigenvalue weighted by atomic mass is 32.1. The number of unbranched alkanes of at least 4 members (excludes halogenated alkanes) is 1. The molecule has 138 valence electrons. The van der Waals surface area contributed by atoms with Gasteiger partial charge in [0.2, 0.25) is 5.91 Å². The van der Waals surface area contributed by atoms with Crippen LogP contribution in [0.3, 0.4) is 0 Å². The lowest BCUT2D eigenvalue weighted by molar-refractivity contribution is -0.128. The largest absolute Gasteiger partial charge is 0.289 e. The summed E-state index contributed by atoms with van der Waals surface area (Å²) >= 11 is 1.64. The number of hydrogen-bond acceptors (Lipinski definition) is 4. The Bertz CT molecular complexity index is 613. The minimum absolute atomic E-state index is 0.167. The lowest BCUT2D eigenvalue weighted by Gasteiger charge is -2.38. The van der Waals surface area contributed by atoms with E-state index in [1.807, 2.05) is 5.38 Å². The van der Waals surface area contributed by atoms with Gasteiger partial charge in [-0.15, -0.1) is 11.3 Å². The van der Waals surface area contributed by atoms with Gasteiger partial charge in [0.15, 0.2) is 0 Å². The highest BCUT2D eigenvalue weighted by Crippen LogP contribution is 2.61. The third-order valence-corrected chi connectivity index (χ3v) is 7.97. The zero-order chi connectivity index (χ0) is 17.3. The molecule has 3 aliphatic carbocycles. The van der Waals surface area contributed by atoms with Gasteiger partial charge in [0, 0.05) is 5.38 Å². The van der Waals surface area contributed by atoms with Gasteiger partial charge in [-0.05, 0) is 68.1 Å². The van der Waals surface area contributed by atoms with Gasteiger partial charge in [-0.25, -0.2) is 10.5 Å². The Balaban J connectivity index is 1.24. The number of hydrogen-bond donors (Lipinski definition) is 2. The zero-order valence-corrected chi connectivity index (χ0v) is 15.8. The van der Waals surface area contributed by atoms with Crippen molar-refractivity contribution in [3.8, 4) is 0 Å². The molecular weight excluding hydrogens is 332 g/mol. The van der Waals surface area contributed by atoms with Crippen molar-refractivity contribution in [3.05, 3.63) is 16.1 Å². The molecule has 25 heavy (non-hydrogen) atoms. The summed E-state index contributed by atoms with van der Waals surface area (Å²) < 4.78 is 0. The Morgan fingerprint density at radius 3 is 3.04 bits per heavy atom. The summed E-state index contributed by atoms with van der Waals surface area (Å²) in [6, 6.07) is 0. The van der Waals surface area contributed by atoms with Crippen molar-refractivity contribution in [2.24, 2.45) is 23.2 Å². The van der Waals surface area contributed by atoms with E-state index in [1.165, 1.54) is 64.2 Å². The maximum atomic E-state index is 11.2. The number of aromatic nitrogens is 1. The van der Waals surface area contributed by atoms with Crippen LogP contribution in [0.1, 0.15) is 74.9 Å². The Kier molecular flexibility index (Phi) is 5.14. The third-order valence-electron chi connectivity index (χ3n) is 7.02. The number of aryl methyl sites for hydroxylation is 1. The van der Waals surface area contributed by atoms with Gasteiger partial charge < -0.3 is 0 Å². The number of amides is 1. The van der Waals surface area contributed by atoms with E-state index in [-0.39, 0.29) is 6.42 Å². The highest BCUT2D eigenvalue weighted by Gasteiger charge is 2.50. The highest BCUT2D eigenvalue weighted by molar-refractivity contribution is 7.09. The van der Waals surface area contributed by atoms with Crippen LogP contribution < -0.4 is 5.48 Å². The first kappa shape index (κ1) is 17.5. The molecule has 1 aromatic rings. The predicted molar refractivity (Wildman–Crippen MR) is 98.5 cm³/mol. The molecule has 5 heteroatoms. The SMILES string of the molecule is O=C(Cc1csc(CCCCC23CC4CCCC(C2)C(C4)C3)n1)NO. The van der Waals surface area contributed by atoms with E-state index >= 15 is 0 Å². The van der Waals surface area contributed by atoms with Gasteiger partial charge in [-0.2, -0.15) is 0 Å². The summed E-state index contributed by atoms with van der Waals surface area (Å²) in [6.45, 7) is 0. The maximum absolute atomic E-state index is 11.2. The van der Waals surface area contributed by atoms with Crippen LogP contribution in [-0.4, -0.2) is 16.1 Å². The molecule has 3 fully saturated rings. The monoisotopic (exact) mass is 362 g/mol. The lowest BCUT2D eigenvalue weighted by atomic mass is 9.67. The number of hydroxylamine groups is 1. The van der Waals surface area contributed by atoms with Gasteiger partial charge in [0.05, 0.1) is 17.1 Å². The average molecular weight is 363 g/mol. The predicted octanol–water partition coefficient (Wildman–Crippen LogP) is 4.51. The second-order valence-electron chi connectivity index (χ2n) is 8.82. The fourth-order valence-corrected chi connectivity index (χ4v) is 6.99. The molecule has 0 aliphatic heterocycles. The molecule has 3 saturated carbocycles. The number of carbonyl (C=O) groups is 1. The number of nitrogens with zero attached hydrogens (tertiary/aromatic N) is 1. The number of carbonyl (C=O) groups excluding carboxylic acids is 1. The van der Waals surface area contributed by atoms with Gasteiger partial charge in [0.25, 0.3) is 0 Å². The normalized spacial score (nSPS) is 33.4.